The summed E-state index contributed by atoms with van der Waals surface area (Å²) in [6.45, 7) is 0. The molecule has 1 aromatic heterocycles. The number of fused-ring (bicyclic) bond motifs is 1. The lowest BCUT2D eigenvalue weighted by molar-refractivity contribution is -0.143. The van der Waals surface area contributed by atoms with Gasteiger partial charge in [0.15, 0.2) is 5.16 Å². The summed E-state index contributed by atoms with van der Waals surface area (Å²) >= 11 is 1.22. The number of amides is 1. The van der Waals surface area contributed by atoms with Crippen LogP contribution in [0.1, 0.15) is 23.6 Å². The number of halogens is 6. The van der Waals surface area contributed by atoms with Crippen molar-refractivity contribution in [2.24, 2.45) is 0 Å². The molecule has 5 nitrogen and oxygen atoms in total. The molecule has 0 saturated heterocycles. The maximum Gasteiger partial charge on any atom is 0.416 e. The first kappa shape index (κ1) is 20.2. The van der Waals surface area contributed by atoms with E-state index in [1.54, 1.807) is 0 Å². The van der Waals surface area contributed by atoms with Gasteiger partial charge in [0.25, 0.3) is 5.56 Å². The molecule has 12 heteroatoms. The predicted molar refractivity (Wildman–Crippen MR) is 88.0 cm³/mol. The fourth-order valence-electron chi connectivity index (χ4n) is 2.69. The Hall–Kier alpha value is -2.50. The second-order valence-corrected chi connectivity index (χ2v) is 6.93. The highest BCUT2D eigenvalue weighted by Crippen LogP contribution is 2.38. The lowest BCUT2D eigenvalue weighted by atomic mass is 10.1. The van der Waals surface area contributed by atoms with Gasteiger partial charge in [0.1, 0.15) is 0 Å². The van der Waals surface area contributed by atoms with Crippen molar-refractivity contribution in [1.29, 1.82) is 0 Å². The zero-order valence-corrected chi connectivity index (χ0v) is 14.6. The van der Waals surface area contributed by atoms with Gasteiger partial charge in [0.05, 0.1) is 17.2 Å². The highest BCUT2D eigenvalue weighted by atomic mass is 32.2. The molecule has 0 fully saturated rings. The Labute approximate surface area is 157 Å². The minimum absolute atomic E-state index is 0.0231. The second-order valence-electron chi connectivity index (χ2n) is 5.95. The van der Waals surface area contributed by atoms with E-state index in [2.05, 4.69) is 10.3 Å². The quantitative estimate of drug-likeness (QED) is 0.600. The second kappa shape index (κ2) is 7.15. The summed E-state index contributed by atoms with van der Waals surface area (Å²) in [5, 5.41) is 2.45. The van der Waals surface area contributed by atoms with Crippen molar-refractivity contribution in [3.05, 3.63) is 51.9 Å². The molecule has 0 radical (unpaired) electrons. The van der Waals surface area contributed by atoms with Crippen LogP contribution in [0, 0.1) is 0 Å². The number of hydrogen-bond donors (Lipinski definition) is 1. The minimum atomic E-state index is -5.01. The van der Waals surface area contributed by atoms with Crippen LogP contribution in [-0.4, -0.2) is 21.2 Å². The summed E-state index contributed by atoms with van der Waals surface area (Å²) in [4.78, 5) is 28.1. The normalized spacial score (nSPS) is 16.7. The molecular weight excluding hydrogens is 412 g/mol. The highest BCUT2D eigenvalue weighted by molar-refractivity contribution is 7.99. The number of anilines is 1. The van der Waals surface area contributed by atoms with Gasteiger partial charge in [0, 0.05) is 30.1 Å². The van der Waals surface area contributed by atoms with Crippen LogP contribution in [0.25, 0.3) is 0 Å². The number of carbonyl (C=O) groups is 1. The molecule has 2 heterocycles. The molecule has 28 heavy (non-hydrogen) atoms. The van der Waals surface area contributed by atoms with Gasteiger partial charge in [-0.3, -0.25) is 14.2 Å². The van der Waals surface area contributed by atoms with Gasteiger partial charge in [-0.25, -0.2) is 4.98 Å². The third-order valence-electron chi connectivity index (χ3n) is 3.91. The van der Waals surface area contributed by atoms with Crippen LogP contribution in [0.3, 0.4) is 0 Å². The van der Waals surface area contributed by atoms with Crippen LogP contribution >= 0.6 is 11.8 Å². The Kier molecular flexibility index (Phi) is 5.17. The first-order valence-corrected chi connectivity index (χ1v) is 8.73. The highest BCUT2D eigenvalue weighted by Gasteiger charge is 2.37. The number of rotatable bonds is 3. The Bertz CT molecular complexity index is 938. The largest absolute Gasteiger partial charge is 0.416 e. The maximum absolute atomic E-state index is 12.9. The van der Waals surface area contributed by atoms with Crippen molar-refractivity contribution in [3.63, 3.8) is 0 Å². The standard InChI is InChI=1S/C16H11F6N3O2S/c17-15(18,19)8-3-9(16(20,21)22)5-10(4-8)24-12(26)6-11-7-28-14-23-2-1-13(27)25(11)14/h1-5,11H,6-7H2,(H,24,26)/t11-/m0/s1. The van der Waals surface area contributed by atoms with Crippen LogP contribution in [0.15, 0.2) is 40.4 Å². The average molecular weight is 423 g/mol. The molecule has 0 saturated carbocycles. The van der Waals surface area contributed by atoms with E-state index in [9.17, 15) is 35.9 Å². The number of aromatic nitrogens is 2. The third kappa shape index (κ3) is 4.32. The molecule has 1 aliphatic rings. The van der Waals surface area contributed by atoms with E-state index in [-0.39, 0.29) is 12.5 Å². The Morgan fingerprint density at radius 1 is 1.14 bits per heavy atom. The van der Waals surface area contributed by atoms with E-state index in [4.69, 9.17) is 0 Å². The van der Waals surface area contributed by atoms with Crippen LogP contribution in [0.5, 0.6) is 0 Å². The van der Waals surface area contributed by atoms with Gasteiger partial charge in [-0.2, -0.15) is 26.3 Å². The maximum atomic E-state index is 12.9. The number of carbonyl (C=O) groups excluding carboxylic acids is 1. The molecule has 1 amide bonds. The first-order chi connectivity index (χ1) is 12.9. The molecule has 0 spiro atoms. The number of alkyl halides is 6. The predicted octanol–water partition coefficient (Wildman–Crippen LogP) is 3.96. The zero-order valence-electron chi connectivity index (χ0n) is 13.8. The molecule has 150 valence electrons. The minimum Gasteiger partial charge on any atom is -0.326 e. The SMILES string of the molecule is O=C(C[C@H]1CSc2nccc(=O)n21)Nc1cc(C(F)(F)F)cc(C(F)(F)F)c1. The molecule has 0 unspecified atom stereocenters. The van der Waals surface area contributed by atoms with Crippen molar-refractivity contribution < 1.29 is 31.1 Å². The average Bonchev–Trinajstić information content (AvgIpc) is 2.97. The summed E-state index contributed by atoms with van der Waals surface area (Å²) in [5.41, 5.74) is -4.08. The molecule has 0 bridgehead atoms. The van der Waals surface area contributed by atoms with Crippen molar-refractivity contribution in [1.82, 2.24) is 9.55 Å². The summed E-state index contributed by atoms with van der Waals surface area (Å²) in [5.74, 6) is -0.488. The fraction of sp³-hybridized carbons (Fsp3) is 0.312. The van der Waals surface area contributed by atoms with E-state index in [0.717, 1.165) is 0 Å². The number of nitrogens with one attached hydrogen (secondary N) is 1. The molecule has 0 aliphatic carbocycles. The lowest BCUT2D eigenvalue weighted by Gasteiger charge is -2.16. The van der Waals surface area contributed by atoms with E-state index >= 15 is 0 Å². The first-order valence-electron chi connectivity index (χ1n) is 7.75. The summed E-state index contributed by atoms with van der Waals surface area (Å²) in [6, 6.07) is 1.43. The number of hydrogen-bond acceptors (Lipinski definition) is 4. The van der Waals surface area contributed by atoms with Crippen molar-refractivity contribution >= 4 is 23.4 Å². The summed E-state index contributed by atoms with van der Waals surface area (Å²) in [7, 11) is 0. The van der Waals surface area contributed by atoms with Crippen LogP contribution in [0.4, 0.5) is 32.0 Å². The van der Waals surface area contributed by atoms with E-state index in [1.807, 2.05) is 0 Å². The van der Waals surface area contributed by atoms with Gasteiger partial charge in [-0.1, -0.05) is 11.8 Å². The molecule has 3 rings (SSSR count). The van der Waals surface area contributed by atoms with Crippen molar-refractivity contribution in [2.75, 3.05) is 11.1 Å². The van der Waals surface area contributed by atoms with E-state index in [0.29, 0.717) is 23.0 Å². The van der Waals surface area contributed by atoms with E-state index in [1.165, 1.54) is 28.6 Å². The van der Waals surface area contributed by atoms with Gasteiger partial charge in [-0.15, -0.1) is 0 Å². The molecule has 1 aromatic carbocycles. The van der Waals surface area contributed by atoms with Gasteiger partial charge >= 0.3 is 12.4 Å². The smallest absolute Gasteiger partial charge is 0.326 e. The summed E-state index contributed by atoms with van der Waals surface area (Å²) < 4.78 is 78.6. The number of nitrogens with zero attached hydrogens (tertiary/aromatic N) is 2. The Balaban J connectivity index is 1.83. The van der Waals surface area contributed by atoms with Crippen molar-refractivity contribution in [2.45, 2.75) is 30.0 Å². The zero-order chi connectivity index (χ0) is 20.7. The molecule has 1 N–H and O–H groups in total. The van der Waals surface area contributed by atoms with Crippen molar-refractivity contribution in [3.8, 4) is 0 Å². The number of benzene rings is 1. The van der Waals surface area contributed by atoms with Crippen LogP contribution < -0.4 is 10.9 Å². The number of thioether (sulfide) groups is 1. The van der Waals surface area contributed by atoms with Gasteiger partial charge < -0.3 is 5.32 Å². The van der Waals surface area contributed by atoms with Gasteiger partial charge in [0.2, 0.25) is 5.91 Å². The third-order valence-corrected chi connectivity index (χ3v) is 5.02. The van der Waals surface area contributed by atoms with E-state index < -0.39 is 46.7 Å². The lowest BCUT2D eigenvalue weighted by Crippen LogP contribution is -2.27. The molecule has 1 aliphatic heterocycles. The van der Waals surface area contributed by atoms with Crippen LogP contribution in [-0.2, 0) is 17.1 Å². The monoisotopic (exact) mass is 423 g/mol. The molecule has 2 aromatic rings. The topological polar surface area (TPSA) is 64.0 Å². The Morgan fingerprint density at radius 3 is 2.32 bits per heavy atom. The fourth-order valence-corrected chi connectivity index (χ4v) is 3.81. The van der Waals surface area contributed by atoms with Gasteiger partial charge in [-0.05, 0) is 18.2 Å². The Morgan fingerprint density at radius 2 is 1.75 bits per heavy atom. The van der Waals surface area contributed by atoms with Crippen LogP contribution in [0.2, 0.25) is 0 Å². The molecule has 1 atom stereocenters. The molecular formula is C16H11F6N3O2S. The summed E-state index contributed by atoms with van der Waals surface area (Å²) in [6.07, 6.45) is -9.02.